The maximum absolute atomic E-state index is 10.8. The molecule has 5 N–H and O–H groups in total. The van der Waals surface area contributed by atoms with E-state index in [1.165, 1.54) is 6.07 Å². The number of carboxylic acid groups (broad SMARTS) is 1. The Bertz CT molecular complexity index is 399. The number of aromatic carboxylic acids is 1. The second-order valence-corrected chi connectivity index (χ2v) is 3.47. The fourth-order valence-electron chi connectivity index (χ4n) is 1.36. The molecule has 0 radical (unpaired) electrons. The van der Waals surface area contributed by atoms with Crippen molar-refractivity contribution in [1.82, 2.24) is 4.98 Å². The van der Waals surface area contributed by atoms with Crippen LogP contribution in [0.1, 0.15) is 34.8 Å². The number of nitrogen functional groups attached to an aromatic ring is 2. The van der Waals surface area contributed by atoms with E-state index in [1.807, 2.05) is 0 Å². The summed E-state index contributed by atoms with van der Waals surface area (Å²) in [5.41, 5.74) is 11.9. The first-order valence-corrected chi connectivity index (χ1v) is 4.38. The molecule has 14 heavy (non-hydrogen) atoms. The summed E-state index contributed by atoms with van der Waals surface area (Å²) in [6.07, 6.45) is 2.10. The number of rotatable bonds is 2. The third-order valence-electron chi connectivity index (χ3n) is 2.33. The normalized spacial score (nSPS) is 15.4. The van der Waals surface area contributed by atoms with Crippen LogP contribution in [-0.2, 0) is 0 Å². The van der Waals surface area contributed by atoms with Crippen molar-refractivity contribution in [3.05, 3.63) is 17.3 Å². The maximum atomic E-state index is 10.8. The maximum Gasteiger partial charge on any atom is 0.338 e. The molecule has 1 fully saturated rings. The Kier molecular flexibility index (Phi) is 1.80. The van der Waals surface area contributed by atoms with Gasteiger partial charge < -0.3 is 16.6 Å². The second kappa shape index (κ2) is 2.87. The van der Waals surface area contributed by atoms with Crippen LogP contribution in [0.4, 0.5) is 11.5 Å². The molecule has 0 saturated heterocycles. The average Bonchev–Trinajstić information content (AvgIpc) is 2.91. The number of nitrogens with two attached hydrogens (primary N) is 2. The molecule has 1 aliphatic carbocycles. The third-order valence-corrected chi connectivity index (χ3v) is 2.33. The van der Waals surface area contributed by atoms with E-state index in [0.29, 0.717) is 5.92 Å². The Labute approximate surface area is 80.7 Å². The highest BCUT2D eigenvalue weighted by Gasteiger charge is 2.27. The first-order chi connectivity index (χ1) is 6.59. The van der Waals surface area contributed by atoms with Crippen LogP contribution in [0.3, 0.4) is 0 Å². The summed E-state index contributed by atoms with van der Waals surface area (Å²) >= 11 is 0. The van der Waals surface area contributed by atoms with Gasteiger partial charge in [-0.05, 0) is 18.9 Å². The third kappa shape index (κ3) is 1.37. The zero-order valence-corrected chi connectivity index (χ0v) is 7.53. The molecule has 1 saturated carbocycles. The minimum absolute atomic E-state index is 0.0550. The number of carbonyl (C=O) groups is 1. The molecule has 1 heterocycles. The quantitative estimate of drug-likeness (QED) is 0.645. The summed E-state index contributed by atoms with van der Waals surface area (Å²) in [4.78, 5) is 14.9. The van der Waals surface area contributed by atoms with Crippen molar-refractivity contribution in [1.29, 1.82) is 0 Å². The summed E-state index contributed by atoms with van der Waals surface area (Å²) in [5.74, 6) is -0.568. The van der Waals surface area contributed by atoms with Gasteiger partial charge in [0.05, 0.1) is 11.3 Å². The molecular weight excluding hydrogens is 182 g/mol. The lowest BCUT2D eigenvalue weighted by atomic mass is 10.1. The molecule has 2 rings (SSSR count). The van der Waals surface area contributed by atoms with E-state index in [1.54, 1.807) is 0 Å². The van der Waals surface area contributed by atoms with Crippen LogP contribution in [0.2, 0.25) is 0 Å². The van der Waals surface area contributed by atoms with Crippen LogP contribution >= 0.6 is 0 Å². The number of pyridine rings is 1. The van der Waals surface area contributed by atoms with Crippen LogP contribution in [-0.4, -0.2) is 16.1 Å². The first kappa shape index (κ1) is 8.80. The monoisotopic (exact) mass is 193 g/mol. The molecule has 0 unspecified atom stereocenters. The first-order valence-electron chi connectivity index (χ1n) is 4.38. The Hall–Kier alpha value is -1.78. The molecule has 5 nitrogen and oxygen atoms in total. The second-order valence-electron chi connectivity index (χ2n) is 3.47. The predicted octanol–water partition coefficient (Wildman–Crippen LogP) is 0.822. The van der Waals surface area contributed by atoms with E-state index < -0.39 is 5.97 Å². The van der Waals surface area contributed by atoms with Crippen molar-refractivity contribution >= 4 is 17.5 Å². The molecule has 0 aliphatic heterocycles. The molecule has 74 valence electrons. The highest BCUT2D eigenvalue weighted by Crippen LogP contribution is 2.40. The predicted molar refractivity (Wildman–Crippen MR) is 52.0 cm³/mol. The number of aromatic nitrogens is 1. The van der Waals surface area contributed by atoms with Gasteiger partial charge in [-0.2, -0.15) is 0 Å². The van der Waals surface area contributed by atoms with E-state index in [0.717, 1.165) is 18.5 Å². The van der Waals surface area contributed by atoms with Crippen molar-refractivity contribution < 1.29 is 9.90 Å². The van der Waals surface area contributed by atoms with Crippen molar-refractivity contribution in [3.8, 4) is 0 Å². The minimum Gasteiger partial charge on any atom is -0.478 e. The van der Waals surface area contributed by atoms with Gasteiger partial charge in [-0.25, -0.2) is 9.78 Å². The lowest BCUT2D eigenvalue weighted by Crippen LogP contribution is -2.09. The molecule has 0 atom stereocenters. The van der Waals surface area contributed by atoms with Gasteiger partial charge in [0.15, 0.2) is 0 Å². The van der Waals surface area contributed by atoms with Gasteiger partial charge in [0.2, 0.25) is 0 Å². The summed E-state index contributed by atoms with van der Waals surface area (Å²) < 4.78 is 0. The molecule has 0 aromatic carbocycles. The Morgan fingerprint density at radius 1 is 1.50 bits per heavy atom. The van der Waals surface area contributed by atoms with Crippen LogP contribution < -0.4 is 11.5 Å². The summed E-state index contributed by atoms with van der Waals surface area (Å²) in [6.45, 7) is 0. The topological polar surface area (TPSA) is 102 Å². The molecule has 1 aliphatic rings. The summed E-state index contributed by atoms with van der Waals surface area (Å²) in [5, 5.41) is 8.85. The molecular formula is C9H11N3O2. The molecule has 0 amide bonds. The van der Waals surface area contributed by atoms with Gasteiger partial charge in [-0.3, -0.25) is 0 Å². The van der Waals surface area contributed by atoms with Crippen molar-refractivity contribution in [2.24, 2.45) is 0 Å². The molecule has 5 heteroatoms. The zero-order chi connectivity index (χ0) is 10.3. The van der Waals surface area contributed by atoms with E-state index in [2.05, 4.69) is 4.98 Å². The average molecular weight is 193 g/mol. The Balaban J connectivity index is 2.51. The van der Waals surface area contributed by atoms with Gasteiger partial charge in [0, 0.05) is 11.6 Å². The van der Waals surface area contributed by atoms with E-state index in [9.17, 15) is 4.79 Å². The smallest absolute Gasteiger partial charge is 0.338 e. The van der Waals surface area contributed by atoms with Crippen molar-refractivity contribution in [3.63, 3.8) is 0 Å². The van der Waals surface area contributed by atoms with E-state index >= 15 is 0 Å². The number of nitrogens with zero attached hydrogens (tertiary/aromatic N) is 1. The van der Waals surface area contributed by atoms with E-state index in [4.69, 9.17) is 16.6 Å². The lowest BCUT2D eigenvalue weighted by molar-refractivity contribution is 0.0698. The zero-order valence-electron chi connectivity index (χ0n) is 7.53. The standard InChI is InChI=1S/C9H11N3O2/c10-7-5(9(13)14)3-6(4-1-2-4)12-8(7)11/h3-4H,1-2,10H2,(H2,11,12)(H,13,14). The molecule has 0 bridgehead atoms. The van der Waals surface area contributed by atoms with Crippen molar-refractivity contribution in [2.45, 2.75) is 18.8 Å². The van der Waals surface area contributed by atoms with Crippen LogP contribution in [0.15, 0.2) is 6.07 Å². The van der Waals surface area contributed by atoms with Gasteiger partial charge in [0.1, 0.15) is 5.82 Å². The fourth-order valence-corrected chi connectivity index (χ4v) is 1.36. The SMILES string of the molecule is Nc1nc(C2CC2)cc(C(=O)O)c1N. The summed E-state index contributed by atoms with van der Waals surface area (Å²) in [7, 11) is 0. The van der Waals surface area contributed by atoms with Crippen LogP contribution in [0.25, 0.3) is 0 Å². The number of anilines is 2. The Morgan fingerprint density at radius 2 is 2.14 bits per heavy atom. The summed E-state index contributed by atoms with van der Waals surface area (Å²) in [6, 6.07) is 1.52. The highest BCUT2D eigenvalue weighted by molar-refractivity contribution is 5.96. The number of hydrogen-bond donors (Lipinski definition) is 3. The van der Waals surface area contributed by atoms with Gasteiger partial charge >= 0.3 is 5.97 Å². The minimum atomic E-state index is -1.06. The van der Waals surface area contributed by atoms with Crippen LogP contribution in [0.5, 0.6) is 0 Å². The lowest BCUT2D eigenvalue weighted by Gasteiger charge is -2.06. The highest BCUT2D eigenvalue weighted by atomic mass is 16.4. The van der Waals surface area contributed by atoms with Crippen LogP contribution in [0, 0.1) is 0 Å². The van der Waals surface area contributed by atoms with Gasteiger partial charge in [-0.1, -0.05) is 0 Å². The number of carboxylic acids is 1. The van der Waals surface area contributed by atoms with Gasteiger partial charge in [-0.15, -0.1) is 0 Å². The molecule has 0 spiro atoms. The van der Waals surface area contributed by atoms with Gasteiger partial charge in [0.25, 0.3) is 0 Å². The number of hydrogen-bond acceptors (Lipinski definition) is 4. The largest absolute Gasteiger partial charge is 0.478 e. The molecule has 1 aromatic heterocycles. The fraction of sp³-hybridized carbons (Fsp3) is 0.333. The van der Waals surface area contributed by atoms with Crippen molar-refractivity contribution in [2.75, 3.05) is 11.5 Å². The molecule has 1 aromatic rings. The van der Waals surface area contributed by atoms with E-state index in [-0.39, 0.29) is 17.1 Å². The Morgan fingerprint density at radius 3 is 2.64 bits per heavy atom.